The van der Waals surface area contributed by atoms with E-state index in [0.717, 1.165) is 0 Å². The van der Waals surface area contributed by atoms with E-state index in [2.05, 4.69) is 0 Å². The molecule has 138 valence electrons. The largest absolute Gasteiger partial charge is 0.493 e. The third-order valence-electron chi connectivity index (χ3n) is 4.09. The van der Waals surface area contributed by atoms with Gasteiger partial charge in [0.05, 0.1) is 30.3 Å². The summed E-state index contributed by atoms with van der Waals surface area (Å²) in [6.45, 7) is 1.73. The van der Waals surface area contributed by atoms with E-state index in [9.17, 15) is 4.79 Å². The van der Waals surface area contributed by atoms with Crippen LogP contribution in [0.1, 0.15) is 10.4 Å². The average molecular weight is 396 g/mol. The Hall–Kier alpha value is -1.95. The average Bonchev–Trinajstić information content (AvgIpc) is 2.68. The maximum Gasteiger partial charge on any atom is 0.254 e. The number of morpholine rings is 1. The van der Waals surface area contributed by atoms with Gasteiger partial charge in [0, 0.05) is 12.1 Å². The van der Waals surface area contributed by atoms with Crippen LogP contribution >= 0.6 is 23.2 Å². The van der Waals surface area contributed by atoms with Gasteiger partial charge in [0.15, 0.2) is 11.5 Å². The number of methoxy groups -OCH3 is 1. The summed E-state index contributed by atoms with van der Waals surface area (Å²) in [7, 11) is 1.59. The second-order valence-corrected chi connectivity index (χ2v) is 6.65. The molecular weight excluding hydrogens is 377 g/mol. The molecule has 1 aliphatic rings. The van der Waals surface area contributed by atoms with Gasteiger partial charge in [-0.25, -0.2) is 0 Å². The Kier molecular flexibility index (Phi) is 6.25. The van der Waals surface area contributed by atoms with Gasteiger partial charge in [0.25, 0.3) is 5.91 Å². The number of para-hydroxylation sites is 2. The third kappa shape index (κ3) is 4.41. The summed E-state index contributed by atoms with van der Waals surface area (Å²) in [5, 5.41) is 0.787. The molecule has 1 saturated heterocycles. The number of rotatable bonds is 5. The zero-order valence-electron chi connectivity index (χ0n) is 14.3. The third-order valence-corrected chi connectivity index (χ3v) is 4.83. The molecule has 0 saturated carbocycles. The highest BCUT2D eigenvalue weighted by atomic mass is 35.5. The molecule has 0 radical (unpaired) electrons. The molecule has 7 heteroatoms. The van der Waals surface area contributed by atoms with E-state index >= 15 is 0 Å². The van der Waals surface area contributed by atoms with Crippen LogP contribution in [0, 0.1) is 0 Å². The van der Waals surface area contributed by atoms with Crippen molar-refractivity contribution in [2.24, 2.45) is 0 Å². The van der Waals surface area contributed by atoms with Crippen LogP contribution in [0.4, 0.5) is 0 Å². The predicted octanol–water partition coefficient (Wildman–Crippen LogP) is 3.92. The Balaban J connectivity index is 1.61. The van der Waals surface area contributed by atoms with E-state index in [-0.39, 0.29) is 12.0 Å². The fourth-order valence-electron chi connectivity index (χ4n) is 2.74. The zero-order chi connectivity index (χ0) is 18.5. The first-order valence-electron chi connectivity index (χ1n) is 8.20. The molecule has 2 aromatic rings. The number of ether oxygens (including phenoxy) is 3. The van der Waals surface area contributed by atoms with E-state index in [1.165, 1.54) is 0 Å². The van der Waals surface area contributed by atoms with Crippen LogP contribution in [0.25, 0.3) is 0 Å². The van der Waals surface area contributed by atoms with Crippen LogP contribution in [0.3, 0.4) is 0 Å². The predicted molar refractivity (Wildman–Crippen MR) is 101 cm³/mol. The van der Waals surface area contributed by atoms with Crippen molar-refractivity contribution < 1.29 is 19.0 Å². The molecule has 1 heterocycles. The van der Waals surface area contributed by atoms with Crippen LogP contribution in [0.15, 0.2) is 42.5 Å². The van der Waals surface area contributed by atoms with E-state index in [1.807, 2.05) is 24.3 Å². The zero-order valence-corrected chi connectivity index (χ0v) is 15.8. The second-order valence-electron chi connectivity index (χ2n) is 5.83. The lowest BCUT2D eigenvalue weighted by molar-refractivity contribution is -0.0403. The van der Waals surface area contributed by atoms with E-state index < -0.39 is 0 Å². The number of benzene rings is 2. The SMILES string of the molecule is COc1ccccc1OC[C@@H]1CN(C(=O)c2ccc(Cl)c(Cl)c2)CCO1. The maximum absolute atomic E-state index is 12.7. The van der Waals surface area contributed by atoms with Crippen molar-refractivity contribution in [3.8, 4) is 11.5 Å². The fourth-order valence-corrected chi connectivity index (χ4v) is 3.04. The minimum absolute atomic E-state index is 0.103. The molecule has 0 bridgehead atoms. The first-order chi connectivity index (χ1) is 12.6. The summed E-state index contributed by atoms with van der Waals surface area (Å²) < 4.78 is 16.8. The number of hydrogen-bond acceptors (Lipinski definition) is 4. The smallest absolute Gasteiger partial charge is 0.254 e. The summed E-state index contributed by atoms with van der Waals surface area (Å²) >= 11 is 11.9. The Bertz CT molecular complexity index is 784. The number of amides is 1. The Morgan fingerprint density at radius 2 is 1.96 bits per heavy atom. The first kappa shape index (κ1) is 18.8. The molecule has 26 heavy (non-hydrogen) atoms. The Morgan fingerprint density at radius 3 is 2.69 bits per heavy atom. The Morgan fingerprint density at radius 1 is 1.19 bits per heavy atom. The van der Waals surface area contributed by atoms with Gasteiger partial charge in [-0.3, -0.25) is 4.79 Å². The molecule has 0 N–H and O–H groups in total. The second kappa shape index (κ2) is 8.62. The number of carbonyl (C=O) groups excluding carboxylic acids is 1. The van der Waals surface area contributed by atoms with Crippen molar-refractivity contribution in [3.63, 3.8) is 0 Å². The number of carbonyl (C=O) groups is 1. The molecule has 1 atom stereocenters. The highest BCUT2D eigenvalue weighted by Crippen LogP contribution is 2.27. The summed E-state index contributed by atoms with van der Waals surface area (Å²) in [4.78, 5) is 14.4. The van der Waals surface area contributed by atoms with Crippen molar-refractivity contribution in [1.29, 1.82) is 0 Å². The van der Waals surface area contributed by atoms with Crippen molar-refractivity contribution >= 4 is 29.1 Å². The van der Waals surface area contributed by atoms with Crippen molar-refractivity contribution in [2.75, 3.05) is 33.4 Å². The summed E-state index contributed by atoms with van der Waals surface area (Å²) in [6.07, 6.45) is -0.222. The van der Waals surface area contributed by atoms with Crippen molar-refractivity contribution in [1.82, 2.24) is 4.90 Å². The van der Waals surface area contributed by atoms with Crippen LogP contribution in [0.5, 0.6) is 11.5 Å². The molecular formula is C19H19Cl2NO4. The lowest BCUT2D eigenvalue weighted by Crippen LogP contribution is -2.47. The molecule has 0 aliphatic carbocycles. The van der Waals surface area contributed by atoms with Gasteiger partial charge in [-0.1, -0.05) is 35.3 Å². The monoisotopic (exact) mass is 395 g/mol. The highest BCUT2D eigenvalue weighted by Gasteiger charge is 2.26. The molecule has 3 rings (SSSR count). The van der Waals surface area contributed by atoms with Gasteiger partial charge in [0.2, 0.25) is 0 Å². The standard InChI is InChI=1S/C19H19Cl2NO4/c1-24-17-4-2-3-5-18(17)26-12-14-11-22(8-9-25-14)19(23)13-6-7-15(20)16(21)10-13/h2-7,10,14H,8-9,11-12H2,1H3/t14-/m0/s1. The van der Waals surface area contributed by atoms with Gasteiger partial charge in [-0.2, -0.15) is 0 Å². The molecule has 5 nitrogen and oxygen atoms in total. The van der Waals surface area contributed by atoms with Crippen LogP contribution < -0.4 is 9.47 Å². The van der Waals surface area contributed by atoms with Gasteiger partial charge in [-0.05, 0) is 30.3 Å². The van der Waals surface area contributed by atoms with Crippen LogP contribution in [-0.2, 0) is 4.74 Å². The lowest BCUT2D eigenvalue weighted by Gasteiger charge is -2.33. The van der Waals surface area contributed by atoms with E-state index in [0.29, 0.717) is 53.4 Å². The maximum atomic E-state index is 12.7. The molecule has 0 unspecified atom stereocenters. The molecule has 1 amide bonds. The number of nitrogens with zero attached hydrogens (tertiary/aromatic N) is 1. The number of hydrogen-bond donors (Lipinski definition) is 0. The molecule has 1 aliphatic heterocycles. The minimum Gasteiger partial charge on any atom is -0.493 e. The van der Waals surface area contributed by atoms with Crippen LogP contribution in [-0.4, -0.2) is 50.3 Å². The van der Waals surface area contributed by atoms with Gasteiger partial charge in [0.1, 0.15) is 12.7 Å². The van der Waals surface area contributed by atoms with E-state index in [4.69, 9.17) is 37.4 Å². The molecule has 2 aromatic carbocycles. The molecule has 0 spiro atoms. The van der Waals surface area contributed by atoms with Gasteiger partial charge in [-0.15, -0.1) is 0 Å². The summed E-state index contributed by atoms with van der Waals surface area (Å²) in [6, 6.07) is 12.3. The molecule has 0 aromatic heterocycles. The highest BCUT2D eigenvalue weighted by molar-refractivity contribution is 6.42. The topological polar surface area (TPSA) is 48.0 Å². The summed E-state index contributed by atoms with van der Waals surface area (Å²) in [5.41, 5.74) is 0.505. The normalized spacial score (nSPS) is 17.0. The first-order valence-corrected chi connectivity index (χ1v) is 8.96. The van der Waals surface area contributed by atoms with Crippen molar-refractivity contribution in [2.45, 2.75) is 6.10 Å². The van der Waals surface area contributed by atoms with E-state index in [1.54, 1.807) is 30.2 Å². The quantitative estimate of drug-likeness (QED) is 0.769. The van der Waals surface area contributed by atoms with Gasteiger partial charge < -0.3 is 19.1 Å². The minimum atomic E-state index is -0.222. The molecule has 1 fully saturated rings. The number of halogens is 2. The van der Waals surface area contributed by atoms with Crippen LogP contribution in [0.2, 0.25) is 10.0 Å². The van der Waals surface area contributed by atoms with Gasteiger partial charge >= 0.3 is 0 Å². The Labute approximate surface area is 162 Å². The van der Waals surface area contributed by atoms with Crippen molar-refractivity contribution in [3.05, 3.63) is 58.1 Å². The summed E-state index contributed by atoms with van der Waals surface area (Å²) in [5.74, 6) is 1.20. The lowest BCUT2D eigenvalue weighted by atomic mass is 10.1. The fraction of sp³-hybridized carbons (Fsp3) is 0.316.